The van der Waals surface area contributed by atoms with E-state index < -0.39 is 5.41 Å². The Bertz CT molecular complexity index is 1060. The van der Waals surface area contributed by atoms with Crippen LogP contribution in [0.15, 0.2) is 41.6 Å². The van der Waals surface area contributed by atoms with E-state index in [4.69, 9.17) is 14.2 Å². The normalized spacial score (nSPS) is 27.9. The van der Waals surface area contributed by atoms with Crippen molar-refractivity contribution in [3.05, 3.63) is 53.1 Å². The summed E-state index contributed by atoms with van der Waals surface area (Å²) in [7, 11) is 0. The average molecular weight is 392 g/mol. The van der Waals surface area contributed by atoms with Crippen LogP contribution < -0.4 is 14.4 Å². The molecule has 2 aromatic carbocycles. The lowest BCUT2D eigenvalue weighted by molar-refractivity contribution is -0.122. The third-order valence-corrected chi connectivity index (χ3v) is 6.46. The van der Waals surface area contributed by atoms with E-state index in [1.54, 1.807) is 6.07 Å². The SMILES string of the molecule is O=C1N(C[C@H]2CCCO2)c2ccccc2C12COc1cc3c(cc12)C(=NO)CO3. The Morgan fingerprint density at radius 2 is 2.07 bits per heavy atom. The van der Waals surface area contributed by atoms with Crippen molar-refractivity contribution >= 4 is 17.3 Å². The van der Waals surface area contributed by atoms with Gasteiger partial charge in [-0.2, -0.15) is 0 Å². The second-order valence-electron chi connectivity index (χ2n) is 7.94. The maximum Gasteiger partial charge on any atom is 0.245 e. The largest absolute Gasteiger partial charge is 0.491 e. The molecular weight excluding hydrogens is 372 g/mol. The quantitative estimate of drug-likeness (QED) is 0.627. The number of ether oxygens (including phenoxy) is 3. The molecule has 1 spiro atoms. The molecule has 0 saturated carbocycles. The molecule has 4 aliphatic heterocycles. The van der Waals surface area contributed by atoms with Crippen molar-refractivity contribution in [2.24, 2.45) is 5.16 Å². The number of carbonyl (C=O) groups is 1. The van der Waals surface area contributed by atoms with E-state index in [0.717, 1.165) is 36.3 Å². The third kappa shape index (κ3) is 2.16. The Hall–Kier alpha value is -3.06. The molecule has 1 N–H and O–H groups in total. The Labute approximate surface area is 167 Å². The van der Waals surface area contributed by atoms with E-state index in [0.29, 0.717) is 29.3 Å². The fraction of sp³-hybridized carbons (Fsp3) is 0.364. The molecule has 0 aliphatic carbocycles. The average Bonchev–Trinajstić information content (AvgIpc) is 3.51. The number of para-hydroxylation sites is 1. The van der Waals surface area contributed by atoms with E-state index in [1.807, 2.05) is 35.2 Å². The zero-order chi connectivity index (χ0) is 19.6. The number of hydrogen-bond acceptors (Lipinski definition) is 6. The first kappa shape index (κ1) is 16.9. The number of benzene rings is 2. The van der Waals surface area contributed by atoms with Crippen LogP contribution in [-0.2, 0) is 14.9 Å². The fourth-order valence-corrected chi connectivity index (χ4v) is 5.03. The van der Waals surface area contributed by atoms with Gasteiger partial charge in [0.1, 0.15) is 35.8 Å². The molecule has 6 rings (SSSR count). The van der Waals surface area contributed by atoms with Gasteiger partial charge in [-0.1, -0.05) is 23.4 Å². The third-order valence-electron chi connectivity index (χ3n) is 6.46. The van der Waals surface area contributed by atoms with Crippen LogP contribution in [0.5, 0.6) is 11.5 Å². The first-order valence-electron chi connectivity index (χ1n) is 9.91. The molecule has 1 unspecified atom stereocenters. The van der Waals surface area contributed by atoms with Crippen molar-refractivity contribution in [2.45, 2.75) is 24.4 Å². The van der Waals surface area contributed by atoms with Crippen LogP contribution in [0.2, 0.25) is 0 Å². The molecule has 0 aromatic heterocycles. The summed E-state index contributed by atoms with van der Waals surface area (Å²) in [6.07, 6.45) is 2.05. The number of amides is 1. The van der Waals surface area contributed by atoms with E-state index in [1.165, 1.54) is 0 Å². The number of anilines is 1. The highest BCUT2D eigenvalue weighted by Gasteiger charge is 2.57. The number of carbonyl (C=O) groups excluding carboxylic acids is 1. The maximum absolute atomic E-state index is 13.9. The van der Waals surface area contributed by atoms with Crippen LogP contribution in [0.25, 0.3) is 0 Å². The van der Waals surface area contributed by atoms with Crippen LogP contribution in [0.3, 0.4) is 0 Å². The Balaban J connectivity index is 1.50. The summed E-state index contributed by atoms with van der Waals surface area (Å²) >= 11 is 0. The van der Waals surface area contributed by atoms with Gasteiger partial charge in [-0.3, -0.25) is 4.79 Å². The van der Waals surface area contributed by atoms with E-state index >= 15 is 0 Å². The number of rotatable bonds is 2. The molecule has 0 bridgehead atoms. The molecule has 1 fully saturated rings. The monoisotopic (exact) mass is 392 g/mol. The number of hydrogen-bond donors (Lipinski definition) is 1. The Kier molecular flexibility index (Phi) is 3.47. The van der Waals surface area contributed by atoms with Crippen molar-refractivity contribution in [3.63, 3.8) is 0 Å². The lowest BCUT2D eigenvalue weighted by Crippen LogP contribution is -2.45. The van der Waals surface area contributed by atoms with Crippen LogP contribution in [0.4, 0.5) is 5.69 Å². The lowest BCUT2D eigenvalue weighted by atomic mass is 9.76. The van der Waals surface area contributed by atoms with Gasteiger partial charge in [-0.05, 0) is 30.5 Å². The summed E-state index contributed by atoms with van der Waals surface area (Å²) in [6, 6.07) is 11.6. The topological polar surface area (TPSA) is 80.6 Å². The predicted octanol–water partition coefficient (Wildman–Crippen LogP) is 2.46. The maximum atomic E-state index is 13.9. The second-order valence-corrected chi connectivity index (χ2v) is 7.94. The van der Waals surface area contributed by atoms with Gasteiger partial charge in [0.2, 0.25) is 5.91 Å². The number of oxime groups is 1. The van der Waals surface area contributed by atoms with Gasteiger partial charge in [0, 0.05) is 29.5 Å². The van der Waals surface area contributed by atoms with Crippen molar-refractivity contribution < 1.29 is 24.2 Å². The highest BCUT2D eigenvalue weighted by atomic mass is 16.5. The van der Waals surface area contributed by atoms with Crippen LogP contribution >= 0.6 is 0 Å². The molecule has 7 heteroatoms. The van der Waals surface area contributed by atoms with E-state index in [9.17, 15) is 10.0 Å². The fourth-order valence-electron chi connectivity index (χ4n) is 5.03. The van der Waals surface area contributed by atoms with Crippen molar-refractivity contribution in [1.29, 1.82) is 0 Å². The summed E-state index contributed by atoms with van der Waals surface area (Å²) in [5, 5.41) is 12.7. The zero-order valence-electron chi connectivity index (χ0n) is 15.8. The summed E-state index contributed by atoms with van der Waals surface area (Å²) in [5.74, 6) is 1.27. The molecule has 1 saturated heterocycles. The molecule has 2 atom stereocenters. The minimum atomic E-state index is -0.900. The van der Waals surface area contributed by atoms with Gasteiger partial charge >= 0.3 is 0 Å². The Morgan fingerprint density at radius 1 is 1.17 bits per heavy atom. The van der Waals surface area contributed by atoms with Crippen molar-refractivity contribution in [2.75, 3.05) is 31.3 Å². The summed E-state index contributed by atoms with van der Waals surface area (Å²) in [5.41, 5.74) is 2.93. The number of nitrogens with zero attached hydrogens (tertiary/aromatic N) is 2. The second kappa shape index (κ2) is 5.97. The minimum Gasteiger partial charge on any atom is -0.491 e. The van der Waals surface area contributed by atoms with Gasteiger partial charge in [0.25, 0.3) is 0 Å². The molecular formula is C22H20N2O5. The summed E-state index contributed by atoms with van der Waals surface area (Å²) in [4.78, 5) is 15.7. The van der Waals surface area contributed by atoms with Crippen LogP contribution in [-0.4, -0.2) is 49.3 Å². The molecule has 4 aliphatic rings. The van der Waals surface area contributed by atoms with Gasteiger partial charge in [0.15, 0.2) is 0 Å². The van der Waals surface area contributed by atoms with Crippen molar-refractivity contribution in [3.8, 4) is 11.5 Å². The smallest absolute Gasteiger partial charge is 0.245 e. The van der Waals surface area contributed by atoms with E-state index in [2.05, 4.69) is 5.16 Å². The molecule has 148 valence electrons. The predicted molar refractivity (Wildman–Crippen MR) is 104 cm³/mol. The molecule has 29 heavy (non-hydrogen) atoms. The summed E-state index contributed by atoms with van der Waals surface area (Å²) in [6.45, 7) is 1.75. The first-order valence-corrected chi connectivity index (χ1v) is 9.91. The molecule has 0 radical (unpaired) electrons. The molecule has 1 amide bonds. The van der Waals surface area contributed by atoms with Gasteiger partial charge in [0.05, 0.1) is 12.6 Å². The van der Waals surface area contributed by atoms with Gasteiger partial charge in [-0.15, -0.1) is 0 Å². The highest BCUT2D eigenvalue weighted by Crippen LogP contribution is 2.54. The Morgan fingerprint density at radius 3 is 2.90 bits per heavy atom. The molecule has 2 aromatic rings. The van der Waals surface area contributed by atoms with E-state index in [-0.39, 0.29) is 25.2 Å². The molecule has 4 heterocycles. The van der Waals surface area contributed by atoms with Gasteiger partial charge < -0.3 is 24.3 Å². The van der Waals surface area contributed by atoms with Gasteiger partial charge in [-0.25, -0.2) is 0 Å². The first-order chi connectivity index (χ1) is 14.2. The zero-order valence-corrected chi connectivity index (χ0v) is 15.8. The highest BCUT2D eigenvalue weighted by molar-refractivity contribution is 6.13. The lowest BCUT2D eigenvalue weighted by Gasteiger charge is -2.25. The standard InChI is InChI=1S/C22H20N2O5/c25-21-22(12-29-20-9-19-14(8-16(20)22)17(23-26)11-28-19)15-5-1-2-6-18(15)24(21)10-13-4-3-7-27-13/h1-2,5-6,8-9,13,26H,3-4,7,10-12H2/t13-,22?/m1/s1. The number of fused-ring (bicyclic) bond motifs is 5. The summed E-state index contributed by atoms with van der Waals surface area (Å²) < 4.78 is 17.4. The van der Waals surface area contributed by atoms with Crippen molar-refractivity contribution in [1.82, 2.24) is 0 Å². The minimum absolute atomic E-state index is 0.00861. The van der Waals surface area contributed by atoms with Crippen LogP contribution in [0, 0.1) is 0 Å². The van der Waals surface area contributed by atoms with Crippen LogP contribution in [0.1, 0.15) is 29.5 Å². The molecule has 7 nitrogen and oxygen atoms in total.